The van der Waals surface area contributed by atoms with Crippen molar-refractivity contribution in [3.63, 3.8) is 0 Å². The van der Waals surface area contributed by atoms with E-state index in [9.17, 15) is 5.11 Å². The normalized spacial score (nSPS) is 14.1. The van der Waals surface area contributed by atoms with Crippen molar-refractivity contribution in [2.45, 2.75) is 25.9 Å². The van der Waals surface area contributed by atoms with Gasteiger partial charge in [-0.2, -0.15) is 0 Å². The minimum absolute atomic E-state index is 0.0758. The van der Waals surface area contributed by atoms with Crippen LogP contribution >= 0.6 is 11.6 Å². The number of aromatic hydroxyl groups is 1. The quantitative estimate of drug-likeness (QED) is 0.864. The molecule has 0 bridgehead atoms. The second-order valence-electron chi connectivity index (χ2n) is 4.72. The molecular formula is C16H18ClNO. The van der Waals surface area contributed by atoms with Gasteiger partial charge in [0, 0.05) is 22.7 Å². The van der Waals surface area contributed by atoms with E-state index in [0.717, 1.165) is 10.6 Å². The van der Waals surface area contributed by atoms with Gasteiger partial charge in [0.25, 0.3) is 0 Å². The lowest BCUT2D eigenvalue weighted by Crippen LogP contribution is -2.22. The van der Waals surface area contributed by atoms with Gasteiger partial charge in [-0.25, -0.2) is 0 Å². The molecular weight excluding hydrogens is 258 g/mol. The van der Waals surface area contributed by atoms with Crippen LogP contribution in [-0.2, 0) is 0 Å². The van der Waals surface area contributed by atoms with Gasteiger partial charge in [0.05, 0.1) is 0 Å². The van der Waals surface area contributed by atoms with Crippen molar-refractivity contribution in [2.24, 2.45) is 0 Å². The first kappa shape index (κ1) is 13.9. The van der Waals surface area contributed by atoms with E-state index >= 15 is 0 Å². The maximum atomic E-state index is 9.84. The van der Waals surface area contributed by atoms with Crippen LogP contribution < -0.4 is 5.32 Å². The molecule has 0 radical (unpaired) electrons. The van der Waals surface area contributed by atoms with Crippen LogP contribution in [0, 0.1) is 0 Å². The smallest absolute Gasteiger partial charge is 0.120 e. The Morgan fingerprint density at radius 3 is 2.21 bits per heavy atom. The summed E-state index contributed by atoms with van der Waals surface area (Å²) in [6.45, 7) is 4.14. The van der Waals surface area contributed by atoms with E-state index in [2.05, 4.69) is 12.2 Å². The van der Waals surface area contributed by atoms with Crippen LogP contribution in [0.1, 0.15) is 37.1 Å². The van der Waals surface area contributed by atoms with Crippen molar-refractivity contribution in [1.29, 1.82) is 0 Å². The molecule has 2 aromatic carbocycles. The van der Waals surface area contributed by atoms with E-state index in [1.54, 1.807) is 6.07 Å². The molecule has 0 fully saturated rings. The SMILES string of the molecule is CC(NC(C)c1ccccc1O)c1ccc(Cl)cc1. The van der Waals surface area contributed by atoms with Gasteiger partial charge in [-0.1, -0.05) is 41.9 Å². The van der Waals surface area contributed by atoms with Gasteiger partial charge in [0.15, 0.2) is 0 Å². The zero-order valence-corrected chi connectivity index (χ0v) is 11.9. The first-order valence-corrected chi connectivity index (χ1v) is 6.75. The molecule has 0 saturated heterocycles. The Morgan fingerprint density at radius 2 is 1.58 bits per heavy atom. The second-order valence-corrected chi connectivity index (χ2v) is 5.16. The van der Waals surface area contributed by atoms with Crippen molar-refractivity contribution in [3.05, 3.63) is 64.7 Å². The molecule has 0 aliphatic carbocycles. The summed E-state index contributed by atoms with van der Waals surface area (Å²) in [4.78, 5) is 0. The summed E-state index contributed by atoms with van der Waals surface area (Å²) in [7, 11) is 0. The molecule has 2 aromatic rings. The third-order valence-corrected chi connectivity index (χ3v) is 3.53. The molecule has 2 rings (SSSR count). The summed E-state index contributed by atoms with van der Waals surface area (Å²) in [6, 6.07) is 15.5. The Kier molecular flexibility index (Phi) is 4.46. The summed E-state index contributed by atoms with van der Waals surface area (Å²) >= 11 is 5.89. The Labute approximate surface area is 119 Å². The molecule has 19 heavy (non-hydrogen) atoms. The predicted molar refractivity (Wildman–Crippen MR) is 79.5 cm³/mol. The third kappa shape index (κ3) is 3.49. The molecule has 2 nitrogen and oxygen atoms in total. The van der Waals surface area contributed by atoms with E-state index in [1.165, 1.54) is 5.56 Å². The molecule has 2 atom stereocenters. The van der Waals surface area contributed by atoms with Gasteiger partial charge < -0.3 is 10.4 Å². The van der Waals surface area contributed by atoms with Crippen molar-refractivity contribution in [2.75, 3.05) is 0 Å². The Balaban J connectivity index is 2.08. The van der Waals surface area contributed by atoms with Crippen LogP contribution in [0.2, 0.25) is 5.02 Å². The van der Waals surface area contributed by atoms with Gasteiger partial charge in [-0.15, -0.1) is 0 Å². The number of rotatable bonds is 4. The van der Waals surface area contributed by atoms with Crippen molar-refractivity contribution in [3.8, 4) is 5.75 Å². The van der Waals surface area contributed by atoms with Gasteiger partial charge in [-0.3, -0.25) is 0 Å². The van der Waals surface area contributed by atoms with Crippen LogP contribution in [0.3, 0.4) is 0 Å². The minimum Gasteiger partial charge on any atom is -0.508 e. The molecule has 2 unspecified atom stereocenters. The Bertz CT molecular complexity index is 539. The topological polar surface area (TPSA) is 32.3 Å². The minimum atomic E-state index is 0.0758. The Hall–Kier alpha value is -1.51. The average Bonchev–Trinajstić information content (AvgIpc) is 2.39. The van der Waals surface area contributed by atoms with Crippen LogP contribution in [0.4, 0.5) is 0 Å². The number of nitrogens with one attached hydrogen (secondary N) is 1. The van der Waals surface area contributed by atoms with E-state index in [0.29, 0.717) is 5.75 Å². The maximum absolute atomic E-state index is 9.84. The highest BCUT2D eigenvalue weighted by atomic mass is 35.5. The molecule has 100 valence electrons. The fraction of sp³-hybridized carbons (Fsp3) is 0.250. The van der Waals surface area contributed by atoms with Crippen molar-refractivity contribution < 1.29 is 5.11 Å². The molecule has 0 aliphatic rings. The second kappa shape index (κ2) is 6.09. The summed E-state index contributed by atoms with van der Waals surface area (Å²) < 4.78 is 0. The number of hydrogen-bond donors (Lipinski definition) is 2. The average molecular weight is 276 g/mol. The molecule has 3 heteroatoms. The van der Waals surface area contributed by atoms with Crippen LogP contribution in [0.15, 0.2) is 48.5 Å². The van der Waals surface area contributed by atoms with Gasteiger partial charge in [-0.05, 0) is 37.6 Å². The molecule has 2 N–H and O–H groups in total. The summed E-state index contributed by atoms with van der Waals surface area (Å²) in [5, 5.41) is 14.1. The fourth-order valence-corrected chi connectivity index (χ4v) is 2.29. The number of phenolic OH excluding ortho intramolecular Hbond substituents is 1. The van der Waals surface area contributed by atoms with Crippen LogP contribution in [0.25, 0.3) is 0 Å². The van der Waals surface area contributed by atoms with E-state index in [1.807, 2.05) is 49.4 Å². The van der Waals surface area contributed by atoms with Crippen molar-refractivity contribution >= 4 is 11.6 Å². The largest absolute Gasteiger partial charge is 0.508 e. The standard InChI is InChI=1S/C16H18ClNO/c1-11(13-7-9-14(17)10-8-13)18-12(2)15-5-3-4-6-16(15)19/h3-12,18-19H,1-2H3. The van der Waals surface area contributed by atoms with Crippen molar-refractivity contribution in [1.82, 2.24) is 5.32 Å². The van der Waals surface area contributed by atoms with E-state index in [4.69, 9.17) is 11.6 Å². The fourth-order valence-electron chi connectivity index (χ4n) is 2.17. The highest BCUT2D eigenvalue weighted by Crippen LogP contribution is 2.26. The zero-order chi connectivity index (χ0) is 13.8. The highest BCUT2D eigenvalue weighted by Gasteiger charge is 2.13. The lowest BCUT2D eigenvalue weighted by Gasteiger charge is -2.21. The molecule has 0 heterocycles. The first-order valence-electron chi connectivity index (χ1n) is 6.37. The molecule has 0 saturated carbocycles. The molecule has 0 spiro atoms. The number of phenols is 1. The molecule has 0 aliphatic heterocycles. The van der Waals surface area contributed by atoms with Gasteiger partial charge >= 0.3 is 0 Å². The molecule has 0 amide bonds. The first-order chi connectivity index (χ1) is 9.08. The number of hydrogen-bond acceptors (Lipinski definition) is 2. The highest BCUT2D eigenvalue weighted by molar-refractivity contribution is 6.30. The lowest BCUT2D eigenvalue weighted by atomic mass is 10.0. The third-order valence-electron chi connectivity index (χ3n) is 3.27. The maximum Gasteiger partial charge on any atom is 0.120 e. The Morgan fingerprint density at radius 1 is 0.947 bits per heavy atom. The number of para-hydroxylation sites is 1. The zero-order valence-electron chi connectivity index (χ0n) is 11.1. The van der Waals surface area contributed by atoms with Crippen LogP contribution in [0.5, 0.6) is 5.75 Å². The molecule has 0 aromatic heterocycles. The van der Waals surface area contributed by atoms with E-state index in [-0.39, 0.29) is 12.1 Å². The van der Waals surface area contributed by atoms with Crippen LogP contribution in [-0.4, -0.2) is 5.11 Å². The number of halogens is 1. The van der Waals surface area contributed by atoms with E-state index < -0.39 is 0 Å². The summed E-state index contributed by atoms with van der Waals surface area (Å²) in [5.41, 5.74) is 2.08. The number of benzene rings is 2. The predicted octanol–water partition coefficient (Wildman–Crippen LogP) is 4.46. The van der Waals surface area contributed by atoms with Gasteiger partial charge in [0.1, 0.15) is 5.75 Å². The van der Waals surface area contributed by atoms with Gasteiger partial charge in [0.2, 0.25) is 0 Å². The lowest BCUT2D eigenvalue weighted by molar-refractivity contribution is 0.438. The monoisotopic (exact) mass is 275 g/mol. The summed E-state index contributed by atoms with van der Waals surface area (Å²) in [5.74, 6) is 0.325. The summed E-state index contributed by atoms with van der Waals surface area (Å²) in [6.07, 6.45) is 0.